The summed E-state index contributed by atoms with van der Waals surface area (Å²) < 4.78 is 14.7. The molecule has 15 heavy (non-hydrogen) atoms. The summed E-state index contributed by atoms with van der Waals surface area (Å²) in [6.07, 6.45) is 1.40. The van der Waals surface area contributed by atoms with Gasteiger partial charge < -0.3 is 14.2 Å². The zero-order chi connectivity index (χ0) is 11.0. The molecular formula is C10H14O5. The smallest absolute Gasteiger partial charge is 0.309 e. The maximum atomic E-state index is 11.5. The SMILES string of the molecule is COC(=O)[C@H]1C[C@@H]2O[C@H]2C[C@H]1C(=O)OC. The molecule has 84 valence electrons. The minimum absolute atomic E-state index is 0.134. The van der Waals surface area contributed by atoms with Gasteiger partial charge in [0.2, 0.25) is 0 Å². The van der Waals surface area contributed by atoms with E-state index in [4.69, 9.17) is 4.74 Å². The van der Waals surface area contributed by atoms with Gasteiger partial charge in [-0.05, 0) is 12.8 Å². The van der Waals surface area contributed by atoms with Gasteiger partial charge in [0.05, 0.1) is 38.3 Å². The third-order valence-corrected chi connectivity index (χ3v) is 3.15. The van der Waals surface area contributed by atoms with Gasteiger partial charge in [0.25, 0.3) is 0 Å². The van der Waals surface area contributed by atoms with Crippen LogP contribution in [0.15, 0.2) is 0 Å². The van der Waals surface area contributed by atoms with Crippen LogP contribution in [-0.2, 0) is 23.8 Å². The van der Waals surface area contributed by atoms with E-state index < -0.39 is 11.8 Å². The highest BCUT2D eigenvalue weighted by atomic mass is 16.6. The Balaban J connectivity index is 2.09. The van der Waals surface area contributed by atoms with Gasteiger partial charge in [-0.2, -0.15) is 0 Å². The number of carbonyl (C=O) groups is 2. The van der Waals surface area contributed by atoms with Crippen LogP contribution >= 0.6 is 0 Å². The van der Waals surface area contributed by atoms with Crippen molar-refractivity contribution in [3.05, 3.63) is 0 Å². The van der Waals surface area contributed by atoms with Gasteiger partial charge in [0, 0.05) is 0 Å². The Hall–Kier alpha value is -1.10. The second kappa shape index (κ2) is 3.81. The molecule has 5 nitrogen and oxygen atoms in total. The third-order valence-electron chi connectivity index (χ3n) is 3.15. The lowest BCUT2D eigenvalue weighted by Gasteiger charge is -2.24. The van der Waals surface area contributed by atoms with E-state index in [9.17, 15) is 9.59 Å². The number of fused-ring (bicyclic) bond motifs is 1. The fourth-order valence-electron chi connectivity index (χ4n) is 2.25. The lowest BCUT2D eigenvalue weighted by Crippen LogP contribution is -2.36. The summed E-state index contributed by atoms with van der Waals surface area (Å²) >= 11 is 0. The molecule has 0 bridgehead atoms. The lowest BCUT2D eigenvalue weighted by molar-refractivity contribution is -0.158. The standard InChI is InChI=1S/C10H14O5/c1-13-9(11)5-3-7-8(15-7)4-6(5)10(12)14-2/h5-8H,3-4H2,1-2H3/t5-,6+,7-,8-/m0/s1. The van der Waals surface area contributed by atoms with Crippen LogP contribution in [-0.4, -0.2) is 38.4 Å². The Kier molecular flexibility index (Phi) is 2.65. The van der Waals surface area contributed by atoms with E-state index in [1.807, 2.05) is 0 Å². The van der Waals surface area contributed by atoms with Crippen LogP contribution in [0.5, 0.6) is 0 Å². The summed E-state index contributed by atoms with van der Waals surface area (Å²) in [4.78, 5) is 23.0. The van der Waals surface area contributed by atoms with Gasteiger partial charge in [-0.3, -0.25) is 9.59 Å². The Morgan fingerprint density at radius 3 is 1.73 bits per heavy atom. The molecule has 2 rings (SSSR count). The largest absolute Gasteiger partial charge is 0.469 e. The van der Waals surface area contributed by atoms with Crippen LogP contribution in [0.1, 0.15) is 12.8 Å². The Morgan fingerprint density at radius 1 is 1.00 bits per heavy atom. The van der Waals surface area contributed by atoms with Crippen molar-refractivity contribution in [3.8, 4) is 0 Å². The molecule has 1 aliphatic heterocycles. The molecule has 0 unspecified atom stereocenters. The summed E-state index contributed by atoms with van der Waals surface area (Å²) in [6, 6.07) is 0. The third kappa shape index (κ3) is 1.84. The molecule has 0 aromatic carbocycles. The second-order valence-corrected chi connectivity index (χ2v) is 3.94. The summed E-state index contributed by atoms with van der Waals surface area (Å²) in [7, 11) is 2.66. The molecule has 1 heterocycles. The molecule has 2 fully saturated rings. The molecule has 1 saturated heterocycles. The lowest BCUT2D eigenvalue weighted by atomic mass is 9.79. The zero-order valence-corrected chi connectivity index (χ0v) is 8.76. The quantitative estimate of drug-likeness (QED) is 0.482. The van der Waals surface area contributed by atoms with Crippen molar-refractivity contribution in [2.24, 2.45) is 11.8 Å². The number of ether oxygens (including phenoxy) is 3. The molecule has 0 N–H and O–H groups in total. The maximum Gasteiger partial charge on any atom is 0.309 e. The Labute approximate surface area is 87.7 Å². The van der Waals surface area contributed by atoms with Crippen molar-refractivity contribution in [1.29, 1.82) is 0 Å². The number of methoxy groups -OCH3 is 2. The van der Waals surface area contributed by atoms with Crippen molar-refractivity contribution in [3.63, 3.8) is 0 Å². The first kappa shape index (κ1) is 10.4. The maximum absolute atomic E-state index is 11.5. The van der Waals surface area contributed by atoms with Crippen molar-refractivity contribution in [2.75, 3.05) is 14.2 Å². The average molecular weight is 214 g/mol. The Bertz CT molecular complexity index is 260. The zero-order valence-electron chi connectivity index (χ0n) is 8.76. The second-order valence-electron chi connectivity index (χ2n) is 3.94. The molecule has 5 heteroatoms. The van der Waals surface area contributed by atoms with Crippen LogP contribution < -0.4 is 0 Å². The number of esters is 2. The minimum atomic E-state index is -0.411. The molecule has 2 aliphatic rings. The molecule has 0 radical (unpaired) electrons. The number of carbonyl (C=O) groups excluding carboxylic acids is 2. The molecule has 1 saturated carbocycles. The summed E-state index contributed by atoms with van der Waals surface area (Å²) in [5.74, 6) is -1.52. The molecule has 0 aromatic rings. The van der Waals surface area contributed by atoms with Crippen molar-refractivity contribution in [2.45, 2.75) is 25.0 Å². The van der Waals surface area contributed by atoms with E-state index in [1.54, 1.807) is 0 Å². The molecule has 1 aliphatic carbocycles. The van der Waals surface area contributed by atoms with E-state index in [0.29, 0.717) is 12.8 Å². The van der Waals surface area contributed by atoms with Gasteiger partial charge in [0.1, 0.15) is 0 Å². The van der Waals surface area contributed by atoms with Gasteiger partial charge in [-0.25, -0.2) is 0 Å². The molecule has 0 aromatic heterocycles. The first-order valence-corrected chi connectivity index (χ1v) is 4.98. The van der Waals surface area contributed by atoms with Crippen LogP contribution in [0.2, 0.25) is 0 Å². The molecule has 4 atom stereocenters. The van der Waals surface area contributed by atoms with Gasteiger partial charge in [0.15, 0.2) is 0 Å². The molecule has 0 spiro atoms. The predicted molar refractivity (Wildman–Crippen MR) is 48.9 cm³/mol. The van der Waals surface area contributed by atoms with Gasteiger partial charge in [-0.15, -0.1) is 0 Å². The summed E-state index contributed by atoms with van der Waals surface area (Å²) in [5.41, 5.74) is 0. The average Bonchev–Trinajstić information content (AvgIpc) is 3.03. The van der Waals surface area contributed by atoms with E-state index in [0.717, 1.165) is 0 Å². The fraction of sp³-hybridized carbons (Fsp3) is 0.800. The minimum Gasteiger partial charge on any atom is -0.469 e. The normalized spacial score (nSPS) is 37.7. The molecular weight excluding hydrogens is 200 g/mol. The van der Waals surface area contributed by atoms with E-state index in [1.165, 1.54) is 14.2 Å². The fourth-order valence-corrected chi connectivity index (χ4v) is 2.25. The van der Waals surface area contributed by atoms with Gasteiger partial charge >= 0.3 is 11.9 Å². The number of hydrogen-bond acceptors (Lipinski definition) is 5. The van der Waals surface area contributed by atoms with Gasteiger partial charge in [-0.1, -0.05) is 0 Å². The van der Waals surface area contributed by atoms with Crippen LogP contribution in [0.25, 0.3) is 0 Å². The highest BCUT2D eigenvalue weighted by Crippen LogP contribution is 2.43. The van der Waals surface area contributed by atoms with Crippen LogP contribution in [0.3, 0.4) is 0 Å². The first-order chi connectivity index (χ1) is 7.17. The summed E-state index contributed by atoms with van der Waals surface area (Å²) in [6.45, 7) is 0. The number of epoxide rings is 1. The van der Waals surface area contributed by atoms with E-state index in [-0.39, 0.29) is 24.1 Å². The Morgan fingerprint density at radius 2 is 1.40 bits per heavy atom. The van der Waals surface area contributed by atoms with E-state index >= 15 is 0 Å². The monoisotopic (exact) mass is 214 g/mol. The number of hydrogen-bond donors (Lipinski definition) is 0. The first-order valence-electron chi connectivity index (χ1n) is 4.98. The topological polar surface area (TPSA) is 65.1 Å². The van der Waals surface area contributed by atoms with Crippen LogP contribution in [0.4, 0.5) is 0 Å². The number of rotatable bonds is 2. The van der Waals surface area contributed by atoms with Crippen molar-refractivity contribution >= 4 is 11.9 Å². The van der Waals surface area contributed by atoms with Crippen molar-refractivity contribution < 1.29 is 23.8 Å². The highest BCUT2D eigenvalue weighted by molar-refractivity contribution is 5.82. The van der Waals surface area contributed by atoms with Crippen LogP contribution in [0, 0.1) is 11.8 Å². The summed E-state index contributed by atoms with van der Waals surface area (Å²) in [5, 5.41) is 0. The molecule has 0 amide bonds. The van der Waals surface area contributed by atoms with Crippen molar-refractivity contribution in [1.82, 2.24) is 0 Å². The predicted octanol–water partition coefficient (Wildman–Crippen LogP) is 0.126. The highest BCUT2D eigenvalue weighted by Gasteiger charge is 2.53. The van der Waals surface area contributed by atoms with E-state index in [2.05, 4.69) is 9.47 Å².